The Bertz CT molecular complexity index is 1550. The Morgan fingerprint density at radius 2 is 1.74 bits per heavy atom. The zero-order valence-corrected chi connectivity index (χ0v) is 17.9. The molecule has 154 valence electrons. The van der Waals surface area contributed by atoms with Crippen LogP contribution in [0.1, 0.15) is 5.56 Å². The van der Waals surface area contributed by atoms with E-state index in [-0.39, 0.29) is 15.6 Å². The first kappa shape index (κ1) is 19.5. The predicted octanol–water partition coefficient (Wildman–Crippen LogP) is 4.82. The summed E-state index contributed by atoms with van der Waals surface area (Å²) in [5.41, 5.74) is 2.51. The number of nitrogens with zero attached hydrogens (tertiary/aromatic N) is 4. The van der Waals surface area contributed by atoms with Crippen LogP contribution in [0.2, 0.25) is 5.02 Å². The molecule has 0 fully saturated rings. The number of anilines is 2. The lowest BCUT2D eigenvalue weighted by molar-refractivity contribution is 0.592. The number of sulfone groups is 1. The topological polar surface area (TPSA) is 89.2 Å². The fraction of sp³-hybridized carbons (Fsp3) is 0.0455. The van der Waals surface area contributed by atoms with E-state index in [4.69, 9.17) is 11.6 Å². The molecule has 0 radical (unpaired) electrons. The molecule has 5 rings (SSSR count). The summed E-state index contributed by atoms with van der Waals surface area (Å²) in [6.45, 7) is 1.89. The quantitative estimate of drug-likeness (QED) is 0.423. The summed E-state index contributed by atoms with van der Waals surface area (Å²) < 4.78 is 28.0. The van der Waals surface area contributed by atoms with Gasteiger partial charge in [-0.2, -0.15) is 4.52 Å². The maximum Gasteiger partial charge on any atom is 0.229 e. The van der Waals surface area contributed by atoms with Gasteiger partial charge in [-0.15, -0.1) is 5.10 Å². The van der Waals surface area contributed by atoms with Crippen molar-refractivity contribution in [2.75, 3.05) is 5.32 Å². The fourth-order valence-electron chi connectivity index (χ4n) is 3.35. The first-order chi connectivity index (χ1) is 14.9. The normalized spacial score (nSPS) is 11.8. The molecule has 0 saturated heterocycles. The molecule has 2 aromatic heterocycles. The van der Waals surface area contributed by atoms with Crippen LogP contribution in [0.3, 0.4) is 0 Å². The molecule has 0 saturated carbocycles. The van der Waals surface area contributed by atoms with Crippen molar-refractivity contribution in [2.45, 2.75) is 16.8 Å². The summed E-state index contributed by atoms with van der Waals surface area (Å²) in [6.07, 6.45) is 0. The minimum atomic E-state index is -3.91. The van der Waals surface area contributed by atoms with Gasteiger partial charge in [0.05, 0.1) is 10.4 Å². The third kappa shape index (κ3) is 3.39. The number of rotatable bonds is 4. The highest BCUT2D eigenvalue weighted by Gasteiger charge is 2.27. The second-order valence-corrected chi connectivity index (χ2v) is 9.36. The first-order valence-corrected chi connectivity index (χ1v) is 11.3. The van der Waals surface area contributed by atoms with Crippen molar-refractivity contribution in [3.8, 4) is 0 Å². The van der Waals surface area contributed by atoms with E-state index < -0.39 is 9.84 Å². The molecule has 0 aliphatic rings. The van der Waals surface area contributed by atoms with Gasteiger partial charge in [0.15, 0.2) is 5.65 Å². The highest BCUT2D eigenvalue weighted by molar-refractivity contribution is 7.91. The average Bonchev–Trinajstić information content (AvgIpc) is 3.19. The number of nitrogens with one attached hydrogen (secondary N) is 1. The number of para-hydroxylation sites is 1. The van der Waals surface area contributed by atoms with E-state index in [0.717, 1.165) is 16.6 Å². The largest absolute Gasteiger partial charge is 0.340 e. The summed E-state index contributed by atoms with van der Waals surface area (Å²) in [5, 5.41) is 12.5. The Balaban J connectivity index is 1.74. The molecule has 0 spiro atoms. The monoisotopic (exact) mass is 449 g/mol. The van der Waals surface area contributed by atoms with E-state index in [2.05, 4.69) is 20.6 Å². The molecule has 0 atom stereocenters. The van der Waals surface area contributed by atoms with Crippen LogP contribution in [0.5, 0.6) is 0 Å². The number of hydrogen-bond donors (Lipinski definition) is 1. The highest BCUT2D eigenvalue weighted by atomic mass is 35.5. The zero-order chi connectivity index (χ0) is 21.6. The molecule has 3 aromatic carbocycles. The van der Waals surface area contributed by atoms with Crippen molar-refractivity contribution in [3.63, 3.8) is 0 Å². The van der Waals surface area contributed by atoms with Crippen molar-refractivity contribution < 1.29 is 8.42 Å². The van der Waals surface area contributed by atoms with Crippen molar-refractivity contribution in [3.05, 3.63) is 83.4 Å². The molecule has 0 bridgehead atoms. The van der Waals surface area contributed by atoms with Gasteiger partial charge in [0, 0.05) is 16.1 Å². The molecule has 0 aliphatic heterocycles. The van der Waals surface area contributed by atoms with Gasteiger partial charge in [-0.25, -0.2) is 13.4 Å². The van der Waals surface area contributed by atoms with Crippen LogP contribution in [-0.2, 0) is 9.84 Å². The van der Waals surface area contributed by atoms with E-state index in [1.54, 1.807) is 36.4 Å². The molecule has 9 heteroatoms. The average molecular weight is 450 g/mol. The number of fused-ring (bicyclic) bond motifs is 3. The lowest BCUT2D eigenvalue weighted by atomic mass is 10.2. The second kappa shape index (κ2) is 7.33. The minimum Gasteiger partial charge on any atom is -0.340 e. The molecule has 0 amide bonds. The maximum absolute atomic E-state index is 13.3. The summed E-state index contributed by atoms with van der Waals surface area (Å²) in [4.78, 5) is 4.74. The van der Waals surface area contributed by atoms with Gasteiger partial charge < -0.3 is 5.32 Å². The maximum atomic E-state index is 13.3. The van der Waals surface area contributed by atoms with Gasteiger partial charge in [0.25, 0.3) is 0 Å². The van der Waals surface area contributed by atoms with Gasteiger partial charge in [0.1, 0.15) is 5.82 Å². The molecular formula is C22H16ClN5O2S. The summed E-state index contributed by atoms with van der Waals surface area (Å²) in [7, 11) is -3.91. The van der Waals surface area contributed by atoms with Crippen LogP contribution in [-0.4, -0.2) is 28.2 Å². The van der Waals surface area contributed by atoms with E-state index in [1.165, 1.54) is 4.52 Å². The summed E-state index contributed by atoms with van der Waals surface area (Å²) in [6, 6.07) is 21.2. The molecule has 5 aromatic rings. The number of aromatic nitrogens is 4. The van der Waals surface area contributed by atoms with Crippen molar-refractivity contribution in [2.24, 2.45) is 0 Å². The molecule has 0 aliphatic carbocycles. The third-order valence-corrected chi connectivity index (χ3v) is 6.80. The minimum absolute atomic E-state index is 0.139. The van der Waals surface area contributed by atoms with Crippen LogP contribution < -0.4 is 5.32 Å². The van der Waals surface area contributed by atoms with Gasteiger partial charge in [-0.1, -0.05) is 52.7 Å². The second-order valence-electron chi connectivity index (χ2n) is 7.06. The van der Waals surface area contributed by atoms with E-state index in [9.17, 15) is 8.42 Å². The van der Waals surface area contributed by atoms with Gasteiger partial charge in [-0.3, -0.25) is 0 Å². The highest BCUT2D eigenvalue weighted by Crippen LogP contribution is 2.30. The summed E-state index contributed by atoms with van der Waals surface area (Å²) >= 11 is 6.11. The van der Waals surface area contributed by atoms with Crippen LogP contribution in [0.4, 0.5) is 11.5 Å². The van der Waals surface area contributed by atoms with Crippen molar-refractivity contribution in [1.82, 2.24) is 19.8 Å². The lowest BCUT2D eigenvalue weighted by Gasteiger charge is -2.11. The van der Waals surface area contributed by atoms with E-state index in [1.807, 2.05) is 43.3 Å². The Hall–Kier alpha value is -3.49. The van der Waals surface area contributed by atoms with E-state index in [0.29, 0.717) is 16.4 Å². The van der Waals surface area contributed by atoms with Crippen LogP contribution >= 0.6 is 11.6 Å². The van der Waals surface area contributed by atoms with Crippen molar-refractivity contribution >= 4 is 49.5 Å². The lowest BCUT2D eigenvalue weighted by Crippen LogP contribution is -2.05. The smallest absolute Gasteiger partial charge is 0.229 e. The predicted molar refractivity (Wildman–Crippen MR) is 120 cm³/mol. The Labute approximate surface area is 183 Å². The molecule has 1 N–H and O–H groups in total. The van der Waals surface area contributed by atoms with Crippen LogP contribution in [0, 0.1) is 6.92 Å². The molecule has 31 heavy (non-hydrogen) atoms. The van der Waals surface area contributed by atoms with Gasteiger partial charge in [0.2, 0.25) is 14.9 Å². The SMILES string of the molecule is Cc1ccc(S(=O)(=O)c2nnn3c2nc(Nc2cccc(Cl)c2)c2ccccc23)cc1. The molecule has 7 nitrogen and oxygen atoms in total. The summed E-state index contributed by atoms with van der Waals surface area (Å²) in [5.74, 6) is 0.480. The zero-order valence-electron chi connectivity index (χ0n) is 16.3. The Morgan fingerprint density at radius 3 is 2.52 bits per heavy atom. The molecule has 2 heterocycles. The standard InChI is InChI=1S/C22H16ClN5O2S/c1-14-9-11-17(12-10-14)31(29,30)22-21-25-20(24-16-6-4-5-15(23)13-16)18-7-2-3-8-19(18)28(21)27-26-22/h2-13H,1H3,(H,24,25). The van der Waals surface area contributed by atoms with Gasteiger partial charge in [-0.05, 0) is 49.4 Å². The van der Waals surface area contributed by atoms with Crippen molar-refractivity contribution in [1.29, 1.82) is 0 Å². The number of benzene rings is 3. The van der Waals surface area contributed by atoms with E-state index >= 15 is 0 Å². The Morgan fingerprint density at radius 1 is 0.968 bits per heavy atom. The molecular weight excluding hydrogens is 434 g/mol. The third-order valence-electron chi connectivity index (χ3n) is 4.90. The number of halogens is 1. The van der Waals surface area contributed by atoms with Gasteiger partial charge >= 0.3 is 0 Å². The Kier molecular flexibility index (Phi) is 4.60. The fourth-order valence-corrected chi connectivity index (χ4v) is 4.77. The van der Waals surface area contributed by atoms with Crippen LogP contribution in [0.25, 0.3) is 16.6 Å². The number of aryl methyl sites for hydroxylation is 1. The molecule has 0 unspecified atom stereocenters. The number of hydrogen-bond acceptors (Lipinski definition) is 6. The first-order valence-electron chi connectivity index (χ1n) is 9.42. The van der Waals surface area contributed by atoms with Crippen LogP contribution in [0.15, 0.2) is 82.7 Å².